The van der Waals surface area contributed by atoms with E-state index in [0.717, 1.165) is 4.90 Å². The van der Waals surface area contributed by atoms with Crippen molar-refractivity contribution >= 4 is 23.4 Å². The molecule has 0 spiro atoms. The highest BCUT2D eigenvalue weighted by Gasteiger charge is 2.36. The van der Waals surface area contributed by atoms with Crippen LogP contribution in [-0.4, -0.2) is 29.2 Å². The molecule has 112 valence electrons. The molecule has 1 aliphatic heterocycles. The van der Waals surface area contributed by atoms with E-state index < -0.39 is 17.7 Å². The van der Waals surface area contributed by atoms with Crippen molar-refractivity contribution < 1.29 is 14.4 Å². The zero-order valence-electron chi connectivity index (χ0n) is 11.9. The lowest BCUT2D eigenvalue weighted by Crippen LogP contribution is -2.37. The fourth-order valence-corrected chi connectivity index (χ4v) is 2.39. The van der Waals surface area contributed by atoms with Crippen LogP contribution in [0.4, 0.5) is 5.69 Å². The van der Waals surface area contributed by atoms with Crippen LogP contribution in [0.25, 0.3) is 0 Å². The van der Waals surface area contributed by atoms with Crippen molar-refractivity contribution in [3.63, 3.8) is 0 Å². The summed E-state index contributed by atoms with van der Waals surface area (Å²) < 4.78 is 0. The molecule has 3 rings (SSSR count). The summed E-state index contributed by atoms with van der Waals surface area (Å²) in [5.41, 5.74) is 1.45. The van der Waals surface area contributed by atoms with Crippen molar-refractivity contribution in [1.82, 2.24) is 4.90 Å². The van der Waals surface area contributed by atoms with Crippen molar-refractivity contribution in [2.24, 2.45) is 0 Å². The van der Waals surface area contributed by atoms with Gasteiger partial charge in [-0.3, -0.25) is 19.3 Å². The van der Waals surface area contributed by atoms with Crippen molar-refractivity contribution in [2.75, 3.05) is 11.9 Å². The Morgan fingerprint density at radius 3 is 2.30 bits per heavy atom. The number of nitrogens with one attached hydrogen (secondary N) is 1. The minimum absolute atomic E-state index is 0.303. The van der Waals surface area contributed by atoms with E-state index in [0.29, 0.717) is 22.4 Å². The topological polar surface area (TPSA) is 90.3 Å². The van der Waals surface area contributed by atoms with Gasteiger partial charge in [0.25, 0.3) is 11.8 Å². The first-order valence-corrected chi connectivity index (χ1v) is 6.85. The average molecular weight is 305 g/mol. The summed E-state index contributed by atoms with van der Waals surface area (Å²) in [5, 5.41) is 11.4. The number of amides is 3. The molecule has 0 radical (unpaired) electrons. The molecule has 2 aromatic rings. The Morgan fingerprint density at radius 2 is 1.70 bits per heavy atom. The first kappa shape index (κ1) is 14.5. The van der Waals surface area contributed by atoms with Crippen LogP contribution in [0, 0.1) is 11.3 Å². The van der Waals surface area contributed by atoms with Gasteiger partial charge < -0.3 is 5.32 Å². The number of carbonyl (C=O) groups excluding carboxylic acids is 3. The number of fused-ring (bicyclic) bond motifs is 1. The molecule has 0 bridgehead atoms. The third kappa shape index (κ3) is 2.68. The molecule has 1 N–H and O–H groups in total. The molecule has 0 saturated carbocycles. The molecule has 0 saturated heterocycles. The Hall–Kier alpha value is -3.46. The lowest BCUT2D eigenvalue weighted by atomic mass is 10.1. The number of hydrogen-bond acceptors (Lipinski definition) is 4. The number of anilines is 1. The minimum atomic E-state index is -0.505. The summed E-state index contributed by atoms with van der Waals surface area (Å²) in [4.78, 5) is 37.3. The molecule has 23 heavy (non-hydrogen) atoms. The maximum absolute atomic E-state index is 12.2. The number of nitriles is 1. The summed E-state index contributed by atoms with van der Waals surface area (Å²) in [5.74, 6) is -1.47. The molecule has 0 unspecified atom stereocenters. The zero-order valence-corrected chi connectivity index (χ0v) is 11.9. The van der Waals surface area contributed by atoms with Crippen LogP contribution < -0.4 is 5.32 Å². The highest BCUT2D eigenvalue weighted by molar-refractivity contribution is 6.22. The standard InChI is InChI=1S/C17H11N3O3/c18-9-11-4-3-5-12(8-11)19-15(21)10-20-16(22)13-6-1-2-7-14(13)17(20)23/h1-8H,10H2,(H,19,21). The van der Waals surface area contributed by atoms with Crippen LogP contribution >= 0.6 is 0 Å². The lowest BCUT2D eigenvalue weighted by Gasteiger charge is -2.13. The molecule has 6 nitrogen and oxygen atoms in total. The van der Waals surface area contributed by atoms with E-state index in [1.165, 1.54) is 6.07 Å². The fraction of sp³-hybridized carbons (Fsp3) is 0.0588. The maximum Gasteiger partial charge on any atom is 0.262 e. The second-order valence-corrected chi connectivity index (χ2v) is 4.98. The van der Waals surface area contributed by atoms with Crippen LogP contribution in [0.2, 0.25) is 0 Å². The molecule has 6 heteroatoms. The third-order valence-corrected chi connectivity index (χ3v) is 3.46. The van der Waals surface area contributed by atoms with Gasteiger partial charge in [0.05, 0.1) is 22.8 Å². The van der Waals surface area contributed by atoms with Crippen LogP contribution in [0.15, 0.2) is 48.5 Å². The van der Waals surface area contributed by atoms with Gasteiger partial charge in [-0.15, -0.1) is 0 Å². The zero-order chi connectivity index (χ0) is 16.4. The maximum atomic E-state index is 12.2. The van der Waals surface area contributed by atoms with Gasteiger partial charge in [-0.1, -0.05) is 18.2 Å². The monoisotopic (exact) mass is 305 g/mol. The van der Waals surface area contributed by atoms with E-state index in [1.807, 2.05) is 6.07 Å². The summed E-state index contributed by atoms with van der Waals surface area (Å²) >= 11 is 0. The highest BCUT2D eigenvalue weighted by atomic mass is 16.2. The van der Waals surface area contributed by atoms with Crippen LogP contribution in [0.5, 0.6) is 0 Å². The smallest absolute Gasteiger partial charge is 0.262 e. The van der Waals surface area contributed by atoms with Crippen molar-refractivity contribution in [3.05, 3.63) is 65.2 Å². The summed E-state index contributed by atoms with van der Waals surface area (Å²) in [7, 11) is 0. The number of imide groups is 1. The normalized spacial score (nSPS) is 12.7. The van der Waals surface area contributed by atoms with E-state index in [-0.39, 0.29) is 6.54 Å². The number of hydrogen-bond donors (Lipinski definition) is 1. The van der Waals surface area contributed by atoms with E-state index in [2.05, 4.69) is 5.32 Å². The fourth-order valence-electron chi connectivity index (χ4n) is 2.39. The van der Waals surface area contributed by atoms with Gasteiger partial charge in [-0.05, 0) is 30.3 Å². The van der Waals surface area contributed by atoms with Gasteiger partial charge in [-0.2, -0.15) is 5.26 Å². The molecule has 0 fully saturated rings. The third-order valence-electron chi connectivity index (χ3n) is 3.46. The van der Waals surface area contributed by atoms with E-state index in [1.54, 1.807) is 42.5 Å². The van der Waals surface area contributed by atoms with Crippen molar-refractivity contribution in [1.29, 1.82) is 5.26 Å². The average Bonchev–Trinajstić information content (AvgIpc) is 2.80. The lowest BCUT2D eigenvalue weighted by molar-refractivity contribution is -0.116. The molecule has 1 heterocycles. The minimum Gasteiger partial charge on any atom is -0.324 e. The predicted molar refractivity (Wildman–Crippen MR) is 81.6 cm³/mol. The Labute approximate surface area is 131 Å². The summed E-state index contributed by atoms with van der Waals surface area (Å²) in [6, 6.07) is 14.8. The van der Waals surface area contributed by atoms with E-state index >= 15 is 0 Å². The number of benzene rings is 2. The Balaban J connectivity index is 1.73. The van der Waals surface area contributed by atoms with Crippen molar-refractivity contribution in [2.45, 2.75) is 0 Å². The Bertz CT molecular complexity index is 832. The first-order chi connectivity index (χ1) is 11.1. The van der Waals surface area contributed by atoms with Crippen LogP contribution in [0.3, 0.4) is 0 Å². The molecule has 3 amide bonds. The van der Waals surface area contributed by atoms with Gasteiger partial charge in [0, 0.05) is 5.69 Å². The highest BCUT2D eigenvalue weighted by Crippen LogP contribution is 2.22. The Kier molecular flexibility index (Phi) is 3.61. The summed E-state index contributed by atoms with van der Waals surface area (Å²) in [6.45, 7) is -0.372. The number of carbonyl (C=O) groups is 3. The Morgan fingerprint density at radius 1 is 1.04 bits per heavy atom. The van der Waals surface area contributed by atoms with Crippen LogP contribution in [0.1, 0.15) is 26.3 Å². The molecular weight excluding hydrogens is 294 g/mol. The van der Waals surface area contributed by atoms with Crippen molar-refractivity contribution in [3.8, 4) is 6.07 Å². The van der Waals surface area contributed by atoms with Gasteiger partial charge >= 0.3 is 0 Å². The van der Waals surface area contributed by atoms with Gasteiger partial charge in [0.1, 0.15) is 6.54 Å². The van der Waals surface area contributed by atoms with Gasteiger partial charge in [0.15, 0.2) is 0 Å². The van der Waals surface area contributed by atoms with Gasteiger partial charge in [0.2, 0.25) is 5.91 Å². The molecule has 0 aromatic heterocycles. The van der Waals surface area contributed by atoms with E-state index in [4.69, 9.17) is 5.26 Å². The molecule has 2 aromatic carbocycles. The van der Waals surface area contributed by atoms with Crippen LogP contribution in [-0.2, 0) is 4.79 Å². The number of nitrogens with zero attached hydrogens (tertiary/aromatic N) is 2. The quantitative estimate of drug-likeness (QED) is 0.875. The second kappa shape index (κ2) is 5.73. The SMILES string of the molecule is N#Cc1cccc(NC(=O)CN2C(=O)c3ccccc3C2=O)c1. The van der Waals surface area contributed by atoms with E-state index in [9.17, 15) is 14.4 Å². The summed E-state index contributed by atoms with van der Waals surface area (Å²) in [6.07, 6.45) is 0. The predicted octanol–water partition coefficient (Wildman–Crippen LogP) is 1.79. The second-order valence-electron chi connectivity index (χ2n) is 4.98. The van der Waals surface area contributed by atoms with Gasteiger partial charge in [-0.25, -0.2) is 0 Å². The molecule has 1 aliphatic rings. The first-order valence-electron chi connectivity index (χ1n) is 6.85. The number of rotatable bonds is 3. The largest absolute Gasteiger partial charge is 0.324 e. The molecule has 0 aliphatic carbocycles. The molecule has 0 atom stereocenters. The molecular formula is C17H11N3O3.